The zero-order valence-corrected chi connectivity index (χ0v) is 17.0. The molecule has 2 heterocycles. The lowest BCUT2D eigenvalue weighted by Gasteiger charge is -2.10. The van der Waals surface area contributed by atoms with Crippen molar-refractivity contribution in [1.29, 1.82) is 0 Å². The van der Waals surface area contributed by atoms with Gasteiger partial charge in [-0.15, -0.1) is 0 Å². The number of para-hydroxylation sites is 1. The van der Waals surface area contributed by atoms with E-state index in [9.17, 15) is 4.79 Å². The number of halogens is 1. The molecule has 0 atom stereocenters. The summed E-state index contributed by atoms with van der Waals surface area (Å²) in [5, 5.41) is 8.45. The number of anilines is 1. The highest BCUT2D eigenvalue weighted by molar-refractivity contribution is 6.39. The summed E-state index contributed by atoms with van der Waals surface area (Å²) in [4.78, 5) is 17.3. The molecule has 0 fully saturated rings. The van der Waals surface area contributed by atoms with Crippen LogP contribution in [0.3, 0.4) is 0 Å². The molecule has 2 aromatic heterocycles. The molecule has 0 spiro atoms. The third kappa shape index (κ3) is 3.43. The maximum atomic E-state index is 12.8. The zero-order valence-electron chi connectivity index (χ0n) is 16.2. The number of methoxy groups -OCH3 is 1. The van der Waals surface area contributed by atoms with Gasteiger partial charge in [-0.05, 0) is 49.7 Å². The minimum Gasteiger partial charge on any atom is -0.497 e. The molecule has 0 radical (unpaired) electrons. The van der Waals surface area contributed by atoms with Crippen molar-refractivity contribution in [2.45, 2.75) is 13.8 Å². The van der Waals surface area contributed by atoms with E-state index in [1.165, 1.54) is 6.20 Å². The number of hydrogen-bond acceptors (Lipinski definition) is 4. The Morgan fingerprint density at radius 2 is 1.83 bits per heavy atom. The van der Waals surface area contributed by atoms with E-state index < -0.39 is 0 Å². The van der Waals surface area contributed by atoms with Gasteiger partial charge < -0.3 is 10.1 Å². The van der Waals surface area contributed by atoms with Crippen LogP contribution in [0, 0.1) is 13.8 Å². The lowest BCUT2D eigenvalue weighted by molar-refractivity contribution is 0.102. The number of aromatic nitrogens is 3. The summed E-state index contributed by atoms with van der Waals surface area (Å²) in [7, 11) is 1.62. The molecule has 1 amide bonds. The maximum absolute atomic E-state index is 12.8. The lowest BCUT2D eigenvalue weighted by Crippen LogP contribution is -2.14. The van der Waals surface area contributed by atoms with E-state index in [2.05, 4.69) is 15.4 Å². The first-order valence-electron chi connectivity index (χ1n) is 9.05. The Morgan fingerprint density at radius 1 is 1.10 bits per heavy atom. The SMILES string of the molecule is COc1ccc(-n2nc(C)c3c(Cl)c(C(=O)Nc4ccccc4C)cnc32)cc1. The predicted molar refractivity (Wildman–Crippen MR) is 114 cm³/mol. The van der Waals surface area contributed by atoms with E-state index in [0.29, 0.717) is 27.3 Å². The number of carbonyl (C=O) groups is 1. The van der Waals surface area contributed by atoms with Gasteiger partial charge in [0.1, 0.15) is 5.75 Å². The lowest BCUT2D eigenvalue weighted by atomic mass is 10.1. The number of aryl methyl sites for hydroxylation is 2. The third-order valence-corrected chi connectivity index (χ3v) is 5.16. The highest BCUT2D eigenvalue weighted by atomic mass is 35.5. The van der Waals surface area contributed by atoms with Crippen molar-refractivity contribution < 1.29 is 9.53 Å². The van der Waals surface area contributed by atoms with Crippen LogP contribution < -0.4 is 10.1 Å². The largest absolute Gasteiger partial charge is 0.497 e. The van der Waals surface area contributed by atoms with E-state index >= 15 is 0 Å². The fourth-order valence-electron chi connectivity index (χ4n) is 3.17. The van der Waals surface area contributed by atoms with E-state index in [-0.39, 0.29) is 5.91 Å². The van der Waals surface area contributed by atoms with Crippen LogP contribution in [0.25, 0.3) is 16.7 Å². The number of hydrogen-bond donors (Lipinski definition) is 1. The van der Waals surface area contributed by atoms with Crippen LogP contribution >= 0.6 is 11.6 Å². The number of amides is 1. The molecular weight excluding hydrogens is 388 g/mol. The average Bonchev–Trinajstić information content (AvgIpc) is 3.07. The molecule has 0 saturated heterocycles. The molecule has 4 rings (SSSR count). The van der Waals surface area contributed by atoms with Crippen molar-refractivity contribution >= 4 is 34.2 Å². The van der Waals surface area contributed by atoms with Gasteiger partial charge in [0.25, 0.3) is 5.91 Å². The van der Waals surface area contributed by atoms with Gasteiger partial charge in [-0.3, -0.25) is 4.79 Å². The molecule has 6 nitrogen and oxygen atoms in total. The molecule has 1 N–H and O–H groups in total. The molecule has 0 unspecified atom stereocenters. The van der Waals surface area contributed by atoms with Crippen LogP contribution in [0.5, 0.6) is 5.75 Å². The number of ether oxygens (including phenoxy) is 1. The van der Waals surface area contributed by atoms with Gasteiger partial charge in [0.2, 0.25) is 0 Å². The monoisotopic (exact) mass is 406 g/mol. The first-order chi connectivity index (χ1) is 14.0. The molecule has 4 aromatic rings. The standard InChI is InChI=1S/C22H19ClN4O2/c1-13-6-4-5-7-18(13)25-22(28)17-12-24-21-19(20(17)23)14(2)26-27(21)15-8-10-16(29-3)11-9-15/h4-12H,1-3H3,(H,25,28). The van der Waals surface area contributed by atoms with Gasteiger partial charge >= 0.3 is 0 Å². The summed E-state index contributed by atoms with van der Waals surface area (Å²) in [6, 6.07) is 15.0. The van der Waals surface area contributed by atoms with Gasteiger partial charge in [0, 0.05) is 11.9 Å². The summed E-state index contributed by atoms with van der Waals surface area (Å²) in [5.41, 5.74) is 4.11. The molecule has 0 aliphatic carbocycles. The van der Waals surface area contributed by atoms with Crippen molar-refractivity contribution in [2.24, 2.45) is 0 Å². The van der Waals surface area contributed by atoms with Crippen molar-refractivity contribution in [3.8, 4) is 11.4 Å². The number of nitrogens with one attached hydrogen (secondary N) is 1. The highest BCUT2D eigenvalue weighted by Crippen LogP contribution is 2.31. The summed E-state index contributed by atoms with van der Waals surface area (Å²) in [5.74, 6) is 0.443. The Hall–Kier alpha value is -3.38. The van der Waals surface area contributed by atoms with Crippen molar-refractivity contribution in [3.05, 3.63) is 76.6 Å². The Kier molecular flexibility index (Phi) is 4.94. The maximum Gasteiger partial charge on any atom is 0.258 e. The van der Waals surface area contributed by atoms with Gasteiger partial charge in [-0.1, -0.05) is 29.8 Å². The van der Waals surface area contributed by atoms with Crippen molar-refractivity contribution in [2.75, 3.05) is 12.4 Å². The number of fused-ring (bicyclic) bond motifs is 1. The molecule has 2 aromatic carbocycles. The Labute approximate surface area is 173 Å². The molecule has 0 aliphatic rings. The van der Waals surface area contributed by atoms with Crippen LogP contribution in [0.4, 0.5) is 5.69 Å². The molecule has 0 saturated carbocycles. The number of benzene rings is 2. The minimum atomic E-state index is -0.310. The quantitative estimate of drug-likeness (QED) is 0.520. The second kappa shape index (κ2) is 7.56. The Bertz CT molecular complexity index is 1220. The van der Waals surface area contributed by atoms with Crippen LogP contribution in [0.1, 0.15) is 21.6 Å². The molecule has 0 bridgehead atoms. The van der Waals surface area contributed by atoms with Crippen LogP contribution in [0.2, 0.25) is 5.02 Å². The van der Waals surface area contributed by atoms with Crippen LogP contribution in [-0.2, 0) is 0 Å². The van der Waals surface area contributed by atoms with Crippen molar-refractivity contribution in [3.63, 3.8) is 0 Å². The number of carbonyl (C=O) groups excluding carboxylic acids is 1. The molecular formula is C22H19ClN4O2. The molecule has 0 aliphatic heterocycles. The predicted octanol–water partition coefficient (Wildman–Crippen LogP) is 4.95. The normalized spacial score (nSPS) is 10.9. The summed E-state index contributed by atoms with van der Waals surface area (Å²) in [6.45, 7) is 3.78. The van der Waals surface area contributed by atoms with Crippen LogP contribution in [-0.4, -0.2) is 27.8 Å². The fourth-order valence-corrected chi connectivity index (χ4v) is 3.53. The summed E-state index contributed by atoms with van der Waals surface area (Å²) >= 11 is 6.62. The summed E-state index contributed by atoms with van der Waals surface area (Å²) in [6.07, 6.45) is 1.49. The van der Waals surface area contributed by atoms with Crippen molar-refractivity contribution in [1.82, 2.24) is 14.8 Å². The Morgan fingerprint density at radius 3 is 2.52 bits per heavy atom. The topological polar surface area (TPSA) is 69.0 Å². The average molecular weight is 407 g/mol. The summed E-state index contributed by atoms with van der Waals surface area (Å²) < 4.78 is 6.91. The number of rotatable bonds is 4. The second-order valence-electron chi connectivity index (χ2n) is 6.65. The highest BCUT2D eigenvalue weighted by Gasteiger charge is 2.20. The van der Waals surface area contributed by atoms with Gasteiger partial charge in [0.15, 0.2) is 5.65 Å². The molecule has 29 heavy (non-hydrogen) atoms. The van der Waals surface area contributed by atoms with E-state index in [0.717, 1.165) is 22.7 Å². The van der Waals surface area contributed by atoms with Gasteiger partial charge in [-0.25, -0.2) is 9.67 Å². The molecule has 146 valence electrons. The van der Waals surface area contributed by atoms with Gasteiger partial charge in [0.05, 0.1) is 34.5 Å². The fraction of sp³-hybridized carbons (Fsp3) is 0.136. The first kappa shape index (κ1) is 19.0. The second-order valence-corrected chi connectivity index (χ2v) is 7.03. The number of pyridine rings is 1. The minimum absolute atomic E-state index is 0.305. The smallest absolute Gasteiger partial charge is 0.258 e. The van der Waals surface area contributed by atoms with E-state index in [1.54, 1.807) is 11.8 Å². The van der Waals surface area contributed by atoms with E-state index in [4.69, 9.17) is 16.3 Å². The first-order valence-corrected chi connectivity index (χ1v) is 9.42. The molecule has 7 heteroatoms. The van der Waals surface area contributed by atoms with Gasteiger partial charge in [-0.2, -0.15) is 5.10 Å². The van der Waals surface area contributed by atoms with E-state index in [1.807, 2.05) is 62.4 Å². The number of nitrogens with zero attached hydrogens (tertiary/aromatic N) is 3. The zero-order chi connectivity index (χ0) is 20.5. The third-order valence-electron chi connectivity index (χ3n) is 4.76. The Balaban J connectivity index is 1.75. The van der Waals surface area contributed by atoms with Crippen LogP contribution in [0.15, 0.2) is 54.7 Å².